The van der Waals surface area contributed by atoms with Crippen molar-refractivity contribution in [3.05, 3.63) is 65.5 Å². The van der Waals surface area contributed by atoms with Crippen molar-refractivity contribution in [2.75, 3.05) is 11.9 Å². The first-order chi connectivity index (χ1) is 11.3. The minimum absolute atomic E-state index is 0.0110. The number of aliphatic hydroxyl groups excluding tert-OH is 1. The SMILES string of the molecule is O=C(NCC(O)c1ccccc1F)Nc1cccc(C(F)(F)F)c1. The number of halogens is 4. The Morgan fingerprint density at radius 3 is 2.50 bits per heavy atom. The Hall–Kier alpha value is -2.61. The molecule has 0 aliphatic carbocycles. The second-order valence-electron chi connectivity index (χ2n) is 4.95. The fourth-order valence-electron chi connectivity index (χ4n) is 1.99. The van der Waals surface area contributed by atoms with E-state index in [1.54, 1.807) is 0 Å². The van der Waals surface area contributed by atoms with Crippen LogP contribution in [0.5, 0.6) is 0 Å². The van der Waals surface area contributed by atoms with Crippen LogP contribution in [0.3, 0.4) is 0 Å². The molecule has 0 aliphatic heterocycles. The van der Waals surface area contributed by atoms with Gasteiger partial charge in [-0.3, -0.25) is 0 Å². The first-order valence-corrected chi connectivity index (χ1v) is 6.92. The van der Waals surface area contributed by atoms with Crippen molar-refractivity contribution in [3.8, 4) is 0 Å². The van der Waals surface area contributed by atoms with Crippen LogP contribution < -0.4 is 10.6 Å². The van der Waals surface area contributed by atoms with Gasteiger partial charge in [0.15, 0.2) is 0 Å². The monoisotopic (exact) mass is 342 g/mol. The van der Waals surface area contributed by atoms with E-state index in [4.69, 9.17) is 0 Å². The number of anilines is 1. The lowest BCUT2D eigenvalue weighted by Gasteiger charge is -2.14. The summed E-state index contributed by atoms with van der Waals surface area (Å²) in [5.41, 5.74) is -0.939. The molecule has 128 valence electrons. The van der Waals surface area contributed by atoms with Gasteiger partial charge >= 0.3 is 12.2 Å². The maximum absolute atomic E-state index is 13.5. The first-order valence-electron chi connectivity index (χ1n) is 6.92. The number of benzene rings is 2. The molecule has 0 radical (unpaired) electrons. The fourth-order valence-corrected chi connectivity index (χ4v) is 1.99. The summed E-state index contributed by atoms with van der Waals surface area (Å²) in [5, 5.41) is 14.3. The molecule has 0 saturated carbocycles. The van der Waals surface area contributed by atoms with Crippen molar-refractivity contribution in [3.63, 3.8) is 0 Å². The van der Waals surface area contributed by atoms with Gasteiger partial charge in [-0.2, -0.15) is 13.2 Å². The molecule has 0 spiro atoms. The molecule has 0 heterocycles. The van der Waals surface area contributed by atoms with E-state index in [0.29, 0.717) is 0 Å². The van der Waals surface area contributed by atoms with Gasteiger partial charge in [-0.1, -0.05) is 24.3 Å². The van der Waals surface area contributed by atoms with Crippen molar-refractivity contribution in [1.29, 1.82) is 0 Å². The number of carbonyl (C=O) groups is 1. The molecule has 0 aliphatic rings. The standard InChI is InChI=1S/C16H14F4N2O2/c17-13-7-2-1-6-12(13)14(23)9-21-15(24)22-11-5-3-4-10(8-11)16(18,19)20/h1-8,14,23H,9H2,(H2,21,22,24). The number of alkyl halides is 3. The summed E-state index contributed by atoms with van der Waals surface area (Å²) < 4.78 is 51.2. The van der Waals surface area contributed by atoms with Crippen LogP contribution in [0.15, 0.2) is 48.5 Å². The molecule has 2 aromatic carbocycles. The highest BCUT2D eigenvalue weighted by Crippen LogP contribution is 2.30. The van der Waals surface area contributed by atoms with Crippen molar-refractivity contribution < 1.29 is 27.5 Å². The van der Waals surface area contributed by atoms with Gasteiger partial charge in [0.25, 0.3) is 0 Å². The summed E-state index contributed by atoms with van der Waals surface area (Å²) >= 11 is 0. The Morgan fingerprint density at radius 2 is 1.83 bits per heavy atom. The van der Waals surface area contributed by atoms with Gasteiger partial charge in [0.05, 0.1) is 11.7 Å². The highest BCUT2D eigenvalue weighted by molar-refractivity contribution is 5.89. The van der Waals surface area contributed by atoms with Crippen LogP contribution in [0, 0.1) is 5.82 Å². The lowest BCUT2D eigenvalue weighted by atomic mass is 10.1. The van der Waals surface area contributed by atoms with E-state index in [1.807, 2.05) is 0 Å². The molecule has 3 N–H and O–H groups in total. The largest absolute Gasteiger partial charge is 0.416 e. The maximum atomic E-state index is 13.5. The summed E-state index contributed by atoms with van der Waals surface area (Å²) in [7, 11) is 0. The van der Waals surface area contributed by atoms with Crippen LogP contribution in [0.2, 0.25) is 0 Å². The summed E-state index contributed by atoms with van der Waals surface area (Å²) in [6.07, 6.45) is -5.80. The second-order valence-corrected chi connectivity index (χ2v) is 4.95. The second kappa shape index (κ2) is 7.31. The molecule has 2 aromatic rings. The quantitative estimate of drug-likeness (QED) is 0.742. The zero-order valence-electron chi connectivity index (χ0n) is 12.3. The number of urea groups is 1. The van der Waals surface area contributed by atoms with E-state index in [1.165, 1.54) is 30.3 Å². The van der Waals surface area contributed by atoms with Gasteiger partial charge in [0, 0.05) is 17.8 Å². The number of hydrogen-bond donors (Lipinski definition) is 3. The van der Waals surface area contributed by atoms with E-state index < -0.39 is 29.7 Å². The van der Waals surface area contributed by atoms with Crippen LogP contribution in [-0.2, 0) is 6.18 Å². The van der Waals surface area contributed by atoms with E-state index in [2.05, 4.69) is 10.6 Å². The average molecular weight is 342 g/mol. The number of rotatable bonds is 4. The Kier molecular flexibility index (Phi) is 5.40. The van der Waals surface area contributed by atoms with Crippen LogP contribution >= 0.6 is 0 Å². The smallest absolute Gasteiger partial charge is 0.386 e. The molecule has 0 bridgehead atoms. The molecule has 2 amide bonds. The summed E-state index contributed by atoms with van der Waals surface area (Å²) in [5.74, 6) is -0.620. The molecule has 0 aromatic heterocycles. The molecule has 2 rings (SSSR count). The molecule has 0 saturated heterocycles. The summed E-state index contributed by atoms with van der Waals surface area (Å²) in [6.45, 7) is -0.300. The van der Waals surface area contributed by atoms with E-state index in [0.717, 1.165) is 18.2 Å². The average Bonchev–Trinajstić information content (AvgIpc) is 2.52. The third-order valence-corrected chi connectivity index (χ3v) is 3.17. The van der Waals surface area contributed by atoms with Gasteiger partial charge in [0.2, 0.25) is 0 Å². The van der Waals surface area contributed by atoms with Crippen LogP contribution in [0.25, 0.3) is 0 Å². The van der Waals surface area contributed by atoms with Gasteiger partial charge in [-0.15, -0.1) is 0 Å². The number of aliphatic hydroxyl groups is 1. The van der Waals surface area contributed by atoms with Gasteiger partial charge < -0.3 is 15.7 Å². The molecule has 4 nitrogen and oxygen atoms in total. The normalized spacial score (nSPS) is 12.5. The first kappa shape index (κ1) is 17.7. The van der Waals surface area contributed by atoms with Crippen molar-refractivity contribution in [2.45, 2.75) is 12.3 Å². The number of nitrogens with one attached hydrogen (secondary N) is 2. The molecule has 8 heteroatoms. The zero-order chi connectivity index (χ0) is 17.7. The van der Waals surface area contributed by atoms with Crippen molar-refractivity contribution in [1.82, 2.24) is 5.32 Å². The number of hydrogen-bond acceptors (Lipinski definition) is 2. The fraction of sp³-hybridized carbons (Fsp3) is 0.188. The van der Waals surface area contributed by atoms with Crippen molar-refractivity contribution >= 4 is 11.7 Å². The molecular weight excluding hydrogens is 328 g/mol. The number of amides is 2. The Labute approximate surface area is 135 Å². The predicted molar refractivity (Wildman–Crippen MR) is 79.8 cm³/mol. The van der Waals surface area contributed by atoms with Crippen LogP contribution in [0.1, 0.15) is 17.2 Å². The van der Waals surface area contributed by atoms with E-state index >= 15 is 0 Å². The Balaban J connectivity index is 1.93. The molecule has 1 atom stereocenters. The van der Waals surface area contributed by atoms with Gasteiger partial charge in [-0.25, -0.2) is 9.18 Å². The van der Waals surface area contributed by atoms with Crippen LogP contribution in [-0.4, -0.2) is 17.7 Å². The molecular formula is C16H14F4N2O2. The lowest BCUT2D eigenvalue weighted by molar-refractivity contribution is -0.137. The molecule has 0 fully saturated rings. The van der Waals surface area contributed by atoms with Gasteiger partial charge in [0.1, 0.15) is 5.82 Å². The lowest BCUT2D eigenvalue weighted by Crippen LogP contribution is -2.32. The minimum Gasteiger partial charge on any atom is -0.386 e. The number of carbonyl (C=O) groups excluding carboxylic acids is 1. The minimum atomic E-state index is -4.52. The molecule has 1 unspecified atom stereocenters. The summed E-state index contributed by atoms with van der Waals surface area (Å²) in [4.78, 5) is 11.7. The van der Waals surface area contributed by atoms with E-state index in [-0.39, 0.29) is 17.8 Å². The van der Waals surface area contributed by atoms with Crippen LogP contribution in [0.4, 0.5) is 28.0 Å². The predicted octanol–water partition coefficient (Wildman–Crippen LogP) is 3.70. The third kappa shape index (κ3) is 4.69. The van der Waals surface area contributed by atoms with Gasteiger partial charge in [-0.05, 0) is 24.3 Å². The Morgan fingerprint density at radius 1 is 1.12 bits per heavy atom. The highest BCUT2D eigenvalue weighted by Gasteiger charge is 2.30. The van der Waals surface area contributed by atoms with E-state index in [9.17, 15) is 27.5 Å². The van der Waals surface area contributed by atoms with Crippen molar-refractivity contribution in [2.24, 2.45) is 0 Å². The Bertz CT molecular complexity index is 719. The highest BCUT2D eigenvalue weighted by atomic mass is 19.4. The zero-order valence-corrected chi connectivity index (χ0v) is 12.3. The summed E-state index contributed by atoms with van der Waals surface area (Å²) in [6, 6.07) is 8.83. The maximum Gasteiger partial charge on any atom is 0.416 e. The molecule has 24 heavy (non-hydrogen) atoms. The third-order valence-electron chi connectivity index (χ3n) is 3.17. The topological polar surface area (TPSA) is 61.4 Å².